The number of ether oxygens (including phenoxy) is 1. The van der Waals surface area contributed by atoms with Gasteiger partial charge in [0.25, 0.3) is 0 Å². The maximum absolute atomic E-state index is 9.88. The van der Waals surface area contributed by atoms with E-state index >= 15 is 0 Å². The molecule has 0 aromatic carbocycles. The zero-order valence-electron chi connectivity index (χ0n) is 5.03. The van der Waals surface area contributed by atoms with E-state index in [1.807, 2.05) is 0 Å². The molecule has 0 unspecified atom stereocenters. The van der Waals surface area contributed by atoms with E-state index in [2.05, 4.69) is 11.3 Å². The number of hydrogen-bond donors (Lipinski definition) is 0. The molecular weight excluding hydrogens is 122 g/mol. The van der Waals surface area contributed by atoms with Gasteiger partial charge in [0.15, 0.2) is 0 Å². The zero-order chi connectivity index (χ0) is 7.28. The van der Waals surface area contributed by atoms with Crippen LogP contribution in [0.1, 0.15) is 0 Å². The summed E-state index contributed by atoms with van der Waals surface area (Å²) in [5.74, 6) is -0.301. The Hall–Kier alpha value is -1.32. The van der Waals surface area contributed by atoms with E-state index in [1.165, 1.54) is 19.3 Å². The molecule has 0 rings (SSSR count). The third-order valence-corrected chi connectivity index (χ3v) is 0.650. The Morgan fingerprint density at radius 1 is 1.89 bits per heavy atom. The summed E-state index contributed by atoms with van der Waals surface area (Å²) in [5.41, 5.74) is 0. The van der Waals surface area contributed by atoms with Crippen LogP contribution in [0.2, 0.25) is 0 Å². The molecule has 0 aromatic heterocycles. The van der Waals surface area contributed by atoms with Gasteiger partial charge >= 0.3 is 5.88 Å². The van der Waals surface area contributed by atoms with Gasteiger partial charge in [-0.05, 0) is 0 Å². The quantitative estimate of drug-likeness (QED) is 0.246. The SMILES string of the molecule is C=C/C=C(\OC)[N+](=O)[O-]. The predicted molar refractivity (Wildman–Crippen MR) is 32.3 cm³/mol. The smallest absolute Gasteiger partial charge is 0.427 e. The Balaban J connectivity index is 4.14. The molecule has 0 aliphatic carbocycles. The minimum absolute atomic E-state index is 0.301. The van der Waals surface area contributed by atoms with E-state index in [9.17, 15) is 10.1 Å². The van der Waals surface area contributed by atoms with Crippen LogP contribution in [-0.2, 0) is 4.74 Å². The highest BCUT2D eigenvalue weighted by molar-refractivity contribution is 4.97. The van der Waals surface area contributed by atoms with Crippen molar-refractivity contribution in [1.29, 1.82) is 0 Å². The molecule has 0 fully saturated rings. The normalized spacial score (nSPS) is 10.6. The maximum atomic E-state index is 9.88. The van der Waals surface area contributed by atoms with E-state index in [-0.39, 0.29) is 5.88 Å². The summed E-state index contributed by atoms with van der Waals surface area (Å²) in [6, 6.07) is 0. The molecule has 0 spiro atoms. The van der Waals surface area contributed by atoms with Gasteiger partial charge in [0, 0.05) is 0 Å². The molecule has 0 saturated heterocycles. The number of rotatable bonds is 3. The van der Waals surface area contributed by atoms with Gasteiger partial charge in [-0.15, -0.1) is 0 Å². The van der Waals surface area contributed by atoms with Crippen LogP contribution >= 0.6 is 0 Å². The molecule has 4 nitrogen and oxygen atoms in total. The monoisotopic (exact) mass is 129 g/mol. The number of allylic oxidation sites excluding steroid dienone is 2. The Morgan fingerprint density at radius 3 is 2.56 bits per heavy atom. The van der Waals surface area contributed by atoms with Gasteiger partial charge in [-0.3, -0.25) is 10.1 Å². The van der Waals surface area contributed by atoms with Crippen molar-refractivity contribution in [3.05, 3.63) is 34.7 Å². The highest BCUT2D eigenvalue weighted by atomic mass is 16.7. The van der Waals surface area contributed by atoms with Crippen LogP contribution in [0.4, 0.5) is 0 Å². The van der Waals surface area contributed by atoms with Gasteiger partial charge in [-0.25, -0.2) is 0 Å². The lowest BCUT2D eigenvalue weighted by Crippen LogP contribution is -1.99. The molecule has 0 bridgehead atoms. The molecule has 0 aliphatic heterocycles. The van der Waals surface area contributed by atoms with Crippen molar-refractivity contribution in [2.75, 3.05) is 7.11 Å². The Kier molecular flexibility index (Phi) is 3.12. The number of nitro groups is 1. The molecule has 0 radical (unpaired) electrons. The van der Waals surface area contributed by atoms with Crippen LogP contribution in [0.5, 0.6) is 0 Å². The van der Waals surface area contributed by atoms with Crippen LogP contribution in [0.15, 0.2) is 24.6 Å². The standard InChI is InChI=1S/C5H7NO3/c1-3-4-5(9-2)6(7)8/h3-4H,1H2,2H3/b5-4-. The van der Waals surface area contributed by atoms with E-state index in [4.69, 9.17) is 0 Å². The second kappa shape index (κ2) is 3.65. The summed E-state index contributed by atoms with van der Waals surface area (Å²) in [4.78, 5) is 9.26. The highest BCUT2D eigenvalue weighted by Crippen LogP contribution is 1.94. The Bertz CT molecular complexity index is 150. The number of nitrogens with zero attached hydrogens (tertiary/aromatic N) is 1. The first-order valence-electron chi connectivity index (χ1n) is 2.23. The Morgan fingerprint density at radius 2 is 2.44 bits per heavy atom. The minimum atomic E-state index is -0.623. The van der Waals surface area contributed by atoms with Gasteiger partial charge in [0.05, 0.1) is 13.2 Å². The van der Waals surface area contributed by atoms with E-state index < -0.39 is 4.92 Å². The summed E-state index contributed by atoms with van der Waals surface area (Å²) in [6.07, 6.45) is 2.47. The molecule has 9 heavy (non-hydrogen) atoms. The summed E-state index contributed by atoms with van der Waals surface area (Å²) >= 11 is 0. The number of methoxy groups -OCH3 is 1. The van der Waals surface area contributed by atoms with Crippen molar-refractivity contribution in [2.45, 2.75) is 0 Å². The largest absolute Gasteiger partial charge is 0.444 e. The van der Waals surface area contributed by atoms with Gasteiger partial charge in [0.1, 0.15) is 4.92 Å². The highest BCUT2D eigenvalue weighted by Gasteiger charge is 2.05. The predicted octanol–water partition coefficient (Wildman–Crippen LogP) is 0.937. The molecule has 0 saturated carbocycles. The van der Waals surface area contributed by atoms with Crippen LogP contribution < -0.4 is 0 Å². The lowest BCUT2D eigenvalue weighted by molar-refractivity contribution is -0.461. The lowest BCUT2D eigenvalue weighted by Gasteiger charge is -1.90. The lowest BCUT2D eigenvalue weighted by atomic mass is 10.6. The third-order valence-electron chi connectivity index (χ3n) is 0.650. The van der Waals surface area contributed by atoms with Crippen molar-refractivity contribution in [2.24, 2.45) is 0 Å². The maximum Gasteiger partial charge on any atom is 0.427 e. The fourth-order valence-electron chi connectivity index (χ4n) is 0.304. The summed E-state index contributed by atoms with van der Waals surface area (Å²) in [7, 11) is 1.23. The summed E-state index contributed by atoms with van der Waals surface area (Å²) < 4.78 is 4.34. The molecule has 0 amide bonds. The van der Waals surface area contributed by atoms with Crippen LogP contribution in [0.25, 0.3) is 0 Å². The fraction of sp³-hybridized carbons (Fsp3) is 0.200. The molecule has 0 aliphatic rings. The van der Waals surface area contributed by atoms with Crippen molar-refractivity contribution in [1.82, 2.24) is 0 Å². The van der Waals surface area contributed by atoms with E-state index in [1.54, 1.807) is 0 Å². The first-order chi connectivity index (χ1) is 4.22. The first kappa shape index (κ1) is 7.68. The van der Waals surface area contributed by atoms with Crippen LogP contribution in [-0.4, -0.2) is 12.0 Å². The minimum Gasteiger partial charge on any atom is -0.444 e. The van der Waals surface area contributed by atoms with Gasteiger partial charge < -0.3 is 4.74 Å². The second-order valence-electron chi connectivity index (χ2n) is 1.20. The third kappa shape index (κ3) is 2.48. The first-order valence-corrected chi connectivity index (χ1v) is 2.23. The molecule has 0 aromatic rings. The average Bonchev–Trinajstić information content (AvgIpc) is 1.82. The average molecular weight is 129 g/mol. The molecule has 4 heteroatoms. The molecule has 50 valence electrons. The molecule has 0 atom stereocenters. The van der Waals surface area contributed by atoms with E-state index in [0.29, 0.717) is 0 Å². The summed E-state index contributed by atoms with van der Waals surface area (Å²) in [6.45, 7) is 3.27. The zero-order valence-corrected chi connectivity index (χ0v) is 5.03. The van der Waals surface area contributed by atoms with Gasteiger partial charge in [0.2, 0.25) is 0 Å². The fourth-order valence-corrected chi connectivity index (χ4v) is 0.304. The Labute approximate surface area is 52.6 Å². The molecule has 0 N–H and O–H groups in total. The van der Waals surface area contributed by atoms with Crippen molar-refractivity contribution in [3.63, 3.8) is 0 Å². The van der Waals surface area contributed by atoms with Gasteiger partial charge in [-0.2, -0.15) is 0 Å². The molecule has 0 heterocycles. The van der Waals surface area contributed by atoms with Crippen LogP contribution in [0, 0.1) is 10.1 Å². The van der Waals surface area contributed by atoms with E-state index in [0.717, 1.165) is 0 Å². The number of hydrogen-bond acceptors (Lipinski definition) is 3. The second-order valence-corrected chi connectivity index (χ2v) is 1.20. The van der Waals surface area contributed by atoms with Gasteiger partial charge in [-0.1, -0.05) is 12.7 Å². The van der Waals surface area contributed by atoms with Crippen LogP contribution in [0.3, 0.4) is 0 Å². The van der Waals surface area contributed by atoms with Crippen molar-refractivity contribution >= 4 is 0 Å². The van der Waals surface area contributed by atoms with Crippen molar-refractivity contribution in [3.8, 4) is 0 Å². The molecular formula is C5H7NO3. The van der Waals surface area contributed by atoms with Crippen molar-refractivity contribution < 1.29 is 9.66 Å². The topological polar surface area (TPSA) is 52.4 Å². The summed E-state index contributed by atoms with van der Waals surface area (Å²) in [5, 5.41) is 9.88.